The summed E-state index contributed by atoms with van der Waals surface area (Å²) in [4.78, 5) is 14.7. The van der Waals surface area contributed by atoms with Crippen LogP contribution in [0.2, 0.25) is 0 Å². The molecule has 1 amide bonds. The molecule has 0 fully saturated rings. The number of benzene rings is 2. The Morgan fingerprint density at radius 1 is 1.04 bits per heavy atom. The first-order valence-electron chi connectivity index (χ1n) is 7.68. The minimum atomic E-state index is -2.47. The second-order valence-electron chi connectivity index (χ2n) is 5.22. The van der Waals surface area contributed by atoms with E-state index < -0.39 is 5.76 Å². The molecule has 0 aliphatic heterocycles. The summed E-state index contributed by atoms with van der Waals surface area (Å²) in [6.07, 6.45) is 0.742. The summed E-state index contributed by atoms with van der Waals surface area (Å²) in [6, 6.07) is 16.2. The third kappa shape index (κ3) is 7.02. The SMILES string of the molecule is Cl.NCCN(CCc1ccccc1)C(=O)c1ccc(SC(F)F)cc1. The lowest BCUT2D eigenvalue weighted by molar-refractivity contribution is 0.0762. The maximum Gasteiger partial charge on any atom is 0.288 e. The molecule has 0 saturated carbocycles. The first kappa shape index (κ1) is 21.4. The minimum absolute atomic E-state index is 0. The summed E-state index contributed by atoms with van der Waals surface area (Å²) in [5.41, 5.74) is 7.24. The Hall–Kier alpha value is -1.63. The minimum Gasteiger partial charge on any atom is -0.337 e. The molecule has 136 valence electrons. The second kappa shape index (κ2) is 11.1. The fourth-order valence-corrected chi connectivity index (χ4v) is 2.84. The van der Waals surface area contributed by atoms with Gasteiger partial charge in [-0.25, -0.2) is 0 Å². The summed E-state index contributed by atoms with van der Waals surface area (Å²) < 4.78 is 24.7. The zero-order chi connectivity index (χ0) is 17.4. The number of hydrogen-bond donors (Lipinski definition) is 1. The molecule has 0 unspecified atom stereocenters. The molecule has 0 spiro atoms. The van der Waals surface area contributed by atoms with E-state index in [2.05, 4.69) is 0 Å². The van der Waals surface area contributed by atoms with Gasteiger partial charge in [-0.2, -0.15) is 8.78 Å². The zero-order valence-electron chi connectivity index (χ0n) is 13.6. The van der Waals surface area contributed by atoms with E-state index in [1.807, 2.05) is 30.3 Å². The maximum atomic E-state index is 12.6. The molecule has 0 aromatic heterocycles. The van der Waals surface area contributed by atoms with Gasteiger partial charge in [0.05, 0.1) is 0 Å². The number of carbonyl (C=O) groups is 1. The molecule has 2 aromatic rings. The van der Waals surface area contributed by atoms with E-state index >= 15 is 0 Å². The Kier molecular flexibility index (Phi) is 9.49. The molecular formula is C18H21ClF2N2OS. The van der Waals surface area contributed by atoms with Crippen LogP contribution < -0.4 is 5.73 Å². The number of halogens is 3. The Labute approximate surface area is 157 Å². The standard InChI is InChI=1S/C18H20F2N2OS.ClH/c19-18(20)24-16-8-6-15(7-9-16)17(23)22(13-11-21)12-10-14-4-2-1-3-5-14;/h1-9,18H,10-13,21H2;1H. The zero-order valence-corrected chi connectivity index (χ0v) is 15.2. The predicted octanol–water partition coefficient (Wildman–Crippen LogP) is 4.07. The molecule has 0 bridgehead atoms. The van der Waals surface area contributed by atoms with Gasteiger partial charge in [0.2, 0.25) is 0 Å². The first-order valence-corrected chi connectivity index (χ1v) is 8.56. The monoisotopic (exact) mass is 386 g/mol. The van der Waals surface area contributed by atoms with Crippen molar-refractivity contribution in [1.29, 1.82) is 0 Å². The summed E-state index contributed by atoms with van der Waals surface area (Å²) in [5.74, 6) is -2.60. The second-order valence-corrected chi connectivity index (χ2v) is 6.28. The van der Waals surface area contributed by atoms with Crippen LogP contribution in [0.1, 0.15) is 15.9 Å². The van der Waals surface area contributed by atoms with Gasteiger partial charge in [0, 0.05) is 30.1 Å². The molecule has 0 aliphatic rings. The van der Waals surface area contributed by atoms with Gasteiger partial charge in [0.25, 0.3) is 11.7 Å². The molecule has 2 N–H and O–H groups in total. The summed E-state index contributed by atoms with van der Waals surface area (Å²) in [6.45, 7) is 1.40. The van der Waals surface area contributed by atoms with Gasteiger partial charge < -0.3 is 10.6 Å². The van der Waals surface area contributed by atoms with Crippen molar-refractivity contribution in [3.8, 4) is 0 Å². The fraction of sp³-hybridized carbons (Fsp3) is 0.278. The number of carbonyl (C=O) groups excluding carboxylic acids is 1. The van der Waals surface area contributed by atoms with Gasteiger partial charge in [-0.15, -0.1) is 12.4 Å². The van der Waals surface area contributed by atoms with Crippen LogP contribution in [0.25, 0.3) is 0 Å². The molecule has 0 aliphatic carbocycles. The van der Waals surface area contributed by atoms with E-state index in [0.717, 1.165) is 12.0 Å². The van der Waals surface area contributed by atoms with Crippen molar-refractivity contribution in [3.05, 3.63) is 65.7 Å². The lowest BCUT2D eigenvalue weighted by Gasteiger charge is -2.22. The third-order valence-electron chi connectivity index (χ3n) is 3.53. The van der Waals surface area contributed by atoms with Crippen molar-refractivity contribution in [2.75, 3.05) is 19.6 Å². The van der Waals surface area contributed by atoms with Gasteiger partial charge in [0.15, 0.2) is 0 Å². The number of rotatable bonds is 8. The maximum absolute atomic E-state index is 12.6. The molecule has 0 saturated heterocycles. The average Bonchev–Trinajstić information content (AvgIpc) is 2.59. The number of nitrogens with two attached hydrogens (primary N) is 1. The Morgan fingerprint density at radius 2 is 1.68 bits per heavy atom. The summed E-state index contributed by atoms with van der Waals surface area (Å²) in [7, 11) is 0. The number of alkyl halides is 2. The quantitative estimate of drug-likeness (QED) is 0.696. The normalized spacial score (nSPS) is 10.4. The van der Waals surface area contributed by atoms with Crippen molar-refractivity contribution in [1.82, 2.24) is 4.90 Å². The highest BCUT2D eigenvalue weighted by molar-refractivity contribution is 7.99. The van der Waals surface area contributed by atoms with E-state index in [-0.39, 0.29) is 18.3 Å². The van der Waals surface area contributed by atoms with Crippen LogP contribution in [0.15, 0.2) is 59.5 Å². The molecular weight excluding hydrogens is 366 g/mol. The molecule has 2 rings (SSSR count). The van der Waals surface area contributed by atoms with Crippen molar-refractivity contribution in [2.24, 2.45) is 5.73 Å². The third-order valence-corrected chi connectivity index (χ3v) is 4.25. The highest BCUT2D eigenvalue weighted by atomic mass is 35.5. The Morgan fingerprint density at radius 3 is 2.24 bits per heavy atom. The predicted molar refractivity (Wildman–Crippen MR) is 101 cm³/mol. The Bertz CT molecular complexity index is 641. The molecule has 3 nitrogen and oxygen atoms in total. The smallest absolute Gasteiger partial charge is 0.288 e. The number of hydrogen-bond acceptors (Lipinski definition) is 3. The average molecular weight is 387 g/mol. The lowest BCUT2D eigenvalue weighted by atomic mass is 10.1. The van der Waals surface area contributed by atoms with Crippen LogP contribution in [0.3, 0.4) is 0 Å². The fourth-order valence-electron chi connectivity index (χ4n) is 2.34. The van der Waals surface area contributed by atoms with Crippen molar-refractivity contribution in [2.45, 2.75) is 17.1 Å². The number of amides is 1. The van der Waals surface area contributed by atoms with Gasteiger partial charge in [-0.05, 0) is 36.2 Å². The van der Waals surface area contributed by atoms with Gasteiger partial charge in [0.1, 0.15) is 0 Å². The highest BCUT2D eigenvalue weighted by Crippen LogP contribution is 2.25. The van der Waals surface area contributed by atoms with Crippen molar-refractivity contribution >= 4 is 30.1 Å². The van der Waals surface area contributed by atoms with E-state index in [1.54, 1.807) is 29.2 Å². The summed E-state index contributed by atoms with van der Waals surface area (Å²) >= 11 is 0.467. The van der Waals surface area contributed by atoms with Gasteiger partial charge >= 0.3 is 0 Å². The first-order chi connectivity index (χ1) is 11.6. The van der Waals surface area contributed by atoms with Gasteiger partial charge in [-0.3, -0.25) is 4.79 Å². The van der Waals surface area contributed by atoms with Crippen molar-refractivity contribution in [3.63, 3.8) is 0 Å². The van der Waals surface area contributed by atoms with Crippen LogP contribution in [0.4, 0.5) is 8.78 Å². The van der Waals surface area contributed by atoms with Crippen LogP contribution in [-0.4, -0.2) is 36.2 Å². The molecule has 0 heterocycles. The van der Waals surface area contributed by atoms with E-state index in [9.17, 15) is 13.6 Å². The van der Waals surface area contributed by atoms with E-state index in [4.69, 9.17) is 5.73 Å². The highest BCUT2D eigenvalue weighted by Gasteiger charge is 2.15. The van der Waals surface area contributed by atoms with E-state index in [1.165, 1.54) is 0 Å². The van der Waals surface area contributed by atoms with Crippen LogP contribution >= 0.6 is 24.2 Å². The summed E-state index contributed by atoms with van der Waals surface area (Å²) in [5, 5.41) is 0. The van der Waals surface area contributed by atoms with Gasteiger partial charge in [-0.1, -0.05) is 42.1 Å². The van der Waals surface area contributed by atoms with Crippen molar-refractivity contribution < 1.29 is 13.6 Å². The Balaban J connectivity index is 0.00000312. The van der Waals surface area contributed by atoms with E-state index in [0.29, 0.717) is 41.9 Å². The van der Waals surface area contributed by atoms with Crippen LogP contribution in [0.5, 0.6) is 0 Å². The largest absolute Gasteiger partial charge is 0.337 e. The molecule has 25 heavy (non-hydrogen) atoms. The molecule has 7 heteroatoms. The molecule has 0 atom stereocenters. The number of nitrogens with zero attached hydrogens (tertiary/aromatic N) is 1. The molecule has 0 radical (unpaired) electrons. The van der Waals surface area contributed by atoms with Crippen LogP contribution in [-0.2, 0) is 6.42 Å². The topological polar surface area (TPSA) is 46.3 Å². The number of thioether (sulfide) groups is 1. The molecule has 2 aromatic carbocycles. The van der Waals surface area contributed by atoms with Crippen LogP contribution in [0, 0.1) is 0 Å². The lowest BCUT2D eigenvalue weighted by Crippen LogP contribution is -2.36.